The van der Waals surface area contributed by atoms with Gasteiger partial charge in [-0.15, -0.1) is 0 Å². The molecule has 0 bridgehead atoms. The van der Waals surface area contributed by atoms with Gasteiger partial charge in [-0.2, -0.15) is 10.5 Å². The van der Waals surface area contributed by atoms with E-state index < -0.39 is 23.6 Å². The van der Waals surface area contributed by atoms with E-state index in [2.05, 4.69) is 4.74 Å². The van der Waals surface area contributed by atoms with Gasteiger partial charge < -0.3 is 4.74 Å². The van der Waals surface area contributed by atoms with Crippen molar-refractivity contribution in [3.63, 3.8) is 0 Å². The summed E-state index contributed by atoms with van der Waals surface area (Å²) in [5, 5.41) is 17.8. The van der Waals surface area contributed by atoms with Crippen LogP contribution in [0.5, 0.6) is 0 Å². The van der Waals surface area contributed by atoms with Crippen LogP contribution >= 0.6 is 0 Å². The first-order valence-corrected chi connectivity index (χ1v) is 5.24. The first kappa shape index (κ1) is 13.7. The third-order valence-corrected chi connectivity index (χ3v) is 2.59. The Morgan fingerprint density at radius 1 is 1.33 bits per heavy atom. The van der Waals surface area contributed by atoms with Gasteiger partial charge in [0, 0.05) is 5.92 Å². The SMILES string of the molecule is COC(=O)C[C@H](c1ccc(F)cc1)C(C#N)C#N. The highest BCUT2D eigenvalue weighted by atomic mass is 19.1. The Balaban J connectivity index is 3.05. The zero-order valence-electron chi connectivity index (χ0n) is 9.76. The van der Waals surface area contributed by atoms with Crippen molar-refractivity contribution in [3.05, 3.63) is 35.6 Å². The maximum Gasteiger partial charge on any atom is 0.306 e. The van der Waals surface area contributed by atoms with Gasteiger partial charge in [-0.1, -0.05) is 12.1 Å². The quantitative estimate of drug-likeness (QED) is 0.763. The number of carbonyl (C=O) groups excluding carboxylic acids is 1. The van der Waals surface area contributed by atoms with E-state index >= 15 is 0 Å². The van der Waals surface area contributed by atoms with Crippen LogP contribution in [0.15, 0.2) is 24.3 Å². The Morgan fingerprint density at radius 2 is 1.89 bits per heavy atom. The maximum atomic E-state index is 12.8. The fourth-order valence-electron chi connectivity index (χ4n) is 1.61. The lowest BCUT2D eigenvalue weighted by Gasteiger charge is -2.16. The Kier molecular flexibility index (Phi) is 4.83. The molecule has 0 aliphatic carbocycles. The first-order chi connectivity index (χ1) is 8.62. The molecule has 1 aromatic rings. The second kappa shape index (κ2) is 6.36. The third kappa shape index (κ3) is 3.29. The van der Waals surface area contributed by atoms with Crippen molar-refractivity contribution < 1.29 is 13.9 Å². The van der Waals surface area contributed by atoms with E-state index in [1.54, 1.807) is 0 Å². The van der Waals surface area contributed by atoms with Crippen molar-refractivity contribution in [1.29, 1.82) is 10.5 Å². The molecule has 0 amide bonds. The van der Waals surface area contributed by atoms with E-state index in [0.29, 0.717) is 5.56 Å². The predicted molar refractivity (Wildman–Crippen MR) is 60.5 cm³/mol. The van der Waals surface area contributed by atoms with Crippen LogP contribution < -0.4 is 0 Å². The van der Waals surface area contributed by atoms with Crippen LogP contribution in [-0.4, -0.2) is 13.1 Å². The molecular formula is C13H11FN2O2. The van der Waals surface area contributed by atoms with Gasteiger partial charge in [0.15, 0.2) is 0 Å². The average molecular weight is 246 g/mol. The van der Waals surface area contributed by atoms with Crippen molar-refractivity contribution in [2.24, 2.45) is 5.92 Å². The van der Waals surface area contributed by atoms with Gasteiger partial charge in [0.2, 0.25) is 0 Å². The van der Waals surface area contributed by atoms with E-state index in [-0.39, 0.29) is 6.42 Å². The normalized spacial score (nSPS) is 11.4. The Labute approximate surface area is 104 Å². The highest BCUT2D eigenvalue weighted by molar-refractivity contribution is 5.70. The average Bonchev–Trinajstić information content (AvgIpc) is 2.39. The van der Waals surface area contributed by atoms with Crippen LogP contribution in [-0.2, 0) is 9.53 Å². The summed E-state index contributed by atoms with van der Waals surface area (Å²) < 4.78 is 17.4. The molecule has 0 unspecified atom stereocenters. The maximum absolute atomic E-state index is 12.8. The van der Waals surface area contributed by atoms with Crippen LogP contribution in [0.25, 0.3) is 0 Å². The molecule has 0 saturated heterocycles. The highest BCUT2D eigenvalue weighted by Crippen LogP contribution is 2.28. The second-order valence-corrected chi connectivity index (χ2v) is 3.67. The minimum atomic E-state index is -0.977. The fourth-order valence-corrected chi connectivity index (χ4v) is 1.61. The number of rotatable bonds is 4. The summed E-state index contributed by atoms with van der Waals surface area (Å²) in [5.74, 6) is -2.52. The van der Waals surface area contributed by atoms with E-state index in [0.717, 1.165) is 0 Å². The summed E-state index contributed by atoms with van der Waals surface area (Å²) in [4.78, 5) is 11.3. The van der Waals surface area contributed by atoms with Gasteiger partial charge in [-0.05, 0) is 17.7 Å². The lowest BCUT2D eigenvalue weighted by Crippen LogP contribution is -2.15. The van der Waals surface area contributed by atoms with E-state index in [1.807, 2.05) is 12.1 Å². The minimum Gasteiger partial charge on any atom is -0.469 e. The molecule has 0 saturated carbocycles. The van der Waals surface area contributed by atoms with Gasteiger partial charge in [0.25, 0.3) is 0 Å². The number of benzene rings is 1. The van der Waals surface area contributed by atoms with Crippen molar-refractivity contribution in [2.75, 3.05) is 7.11 Å². The fraction of sp³-hybridized carbons (Fsp3) is 0.308. The molecule has 92 valence electrons. The molecule has 0 N–H and O–H groups in total. The summed E-state index contributed by atoms with van der Waals surface area (Å²) in [6.45, 7) is 0. The number of methoxy groups -OCH3 is 1. The topological polar surface area (TPSA) is 73.9 Å². The molecule has 4 nitrogen and oxygen atoms in total. The molecule has 0 fully saturated rings. The molecule has 0 heterocycles. The highest BCUT2D eigenvalue weighted by Gasteiger charge is 2.26. The molecular weight excluding hydrogens is 235 g/mol. The molecule has 0 spiro atoms. The lowest BCUT2D eigenvalue weighted by atomic mass is 9.85. The number of carbonyl (C=O) groups is 1. The number of nitriles is 2. The Morgan fingerprint density at radius 3 is 2.33 bits per heavy atom. The van der Waals surface area contributed by atoms with Crippen LogP contribution in [0.3, 0.4) is 0 Å². The van der Waals surface area contributed by atoms with Crippen LogP contribution in [0, 0.1) is 34.4 Å². The zero-order valence-corrected chi connectivity index (χ0v) is 9.76. The molecule has 0 aliphatic heterocycles. The number of halogens is 1. The van der Waals surface area contributed by atoms with Crippen molar-refractivity contribution >= 4 is 5.97 Å². The van der Waals surface area contributed by atoms with Crippen LogP contribution in [0.4, 0.5) is 4.39 Å². The molecule has 0 aliphatic rings. The summed E-state index contributed by atoms with van der Waals surface area (Å²) >= 11 is 0. The monoisotopic (exact) mass is 246 g/mol. The van der Waals surface area contributed by atoms with Crippen molar-refractivity contribution in [2.45, 2.75) is 12.3 Å². The van der Waals surface area contributed by atoms with Gasteiger partial charge >= 0.3 is 5.97 Å². The number of ether oxygens (including phenoxy) is 1. The summed E-state index contributed by atoms with van der Waals surface area (Å²) in [5.41, 5.74) is 0.565. The van der Waals surface area contributed by atoms with Crippen molar-refractivity contribution in [1.82, 2.24) is 0 Å². The Bertz CT molecular complexity index is 485. The third-order valence-electron chi connectivity index (χ3n) is 2.59. The smallest absolute Gasteiger partial charge is 0.306 e. The zero-order chi connectivity index (χ0) is 13.5. The van der Waals surface area contributed by atoms with Crippen LogP contribution in [0.1, 0.15) is 17.9 Å². The second-order valence-electron chi connectivity index (χ2n) is 3.67. The summed E-state index contributed by atoms with van der Waals surface area (Å²) in [6.07, 6.45) is -0.0894. The van der Waals surface area contributed by atoms with Gasteiger partial charge in [-0.3, -0.25) is 4.79 Å². The van der Waals surface area contributed by atoms with E-state index in [9.17, 15) is 9.18 Å². The number of hydrogen-bond donors (Lipinski definition) is 0. The molecule has 1 atom stereocenters. The lowest BCUT2D eigenvalue weighted by molar-refractivity contribution is -0.141. The molecule has 0 aromatic heterocycles. The molecule has 18 heavy (non-hydrogen) atoms. The molecule has 1 rings (SSSR count). The number of hydrogen-bond acceptors (Lipinski definition) is 4. The standard InChI is InChI=1S/C13H11FN2O2/c1-18-13(17)6-12(10(7-15)8-16)9-2-4-11(14)5-3-9/h2-5,10,12H,6H2,1H3/t12-/m1/s1. The number of nitrogens with zero attached hydrogens (tertiary/aromatic N) is 2. The van der Waals surface area contributed by atoms with E-state index in [1.165, 1.54) is 31.4 Å². The summed E-state index contributed by atoms with van der Waals surface area (Å²) in [6, 6.07) is 9.04. The molecule has 0 radical (unpaired) electrons. The summed E-state index contributed by atoms with van der Waals surface area (Å²) in [7, 11) is 1.23. The molecule has 1 aromatic carbocycles. The Hall–Kier alpha value is -2.40. The number of esters is 1. The first-order valence-electron chi connectivity index (χ1n) is 5.24. The van der Waals surface area contributed by atoms with Gasteiger partial charge in [0.1, 0.15) is 11.7 Å². The van der Waals surface area contributed by atoms with Crippen molar-refractivity contribution in [3.8, 4) is 12.1 Å². The van der Waals surface area contributed by atoms with Gasteiger partial charge in [-0.25, -0.2) is 4.39 Å². The van der Waals surface area contributed by atoms with Gasteiger partial charge in [0.05, 0.1) is 25.7 Å². The van der Waals surface area contributed by atoms with E-state index in [4.69, 9.17) is 10.5 Å². The predicted octanol–water partition coefficient (Wildman–Crippen LogP) is 2.14. The van der Waals surface area contributed by atoms with Crippen LogP contribution in [0.2, 0.25) is 0 Å². The molecule has 5 heteroatoms. The largest absolute Gasteiger partial charge is 0.469 e. The minimum absolute atomic E-state index is 0.0894.